The molecule has 1 fully saturated rings. The van der Waals surface area contributed by atoms with Crippen molar-refractivity contribution in [3.8, 4) is 5.75 Å². The summed E-state index contributed by atoms with van der Waals surface area (Å²) in [5, 5.41) is 0. The van der Waals surface area contributed by atoms with Gasteiger partial charge in [-0.1, -0.05) is 0 Å². The van der Waals surface area contributed by atoms with E-state index in [9.17, 15) is 18.0 Å². The van der Waals surface area contributed by atoms with Crippen molar-refractivity contribution in [2.24, 2.45) is 0 Å². The lowest BCUT2D eigenvalue weighted by Gasteiger charge is -2.35. The fraction of sp³-hybridized carbons (Fsp3) is 0.333. The van der Waals surface area contributed by atoms with Crippen molar-refractivity contribution in [2.45, 2.75) is 6.92 Å². The molecule has 3 rings (SSSR count). The SMILES string of the molecule is CCOc1ccc(C(=O)N2CCN(C(=O)c3ccc(NS(C)(=O)=O)cc3)CC2)cc1. The first-order valence-corrected chi connectivity index (χ1v) is 11.6. The molecule has 0 unspecified atom stereocenters. The van der Waals surface area contributed by atoms with Crippen molar-refractivity contribution < 1.29 is 22.7 Å². The number of rotatable bonds is 6. The number of nitrogens with one attached hydrogen (secondary N) is 1. The highest BCUT2D eigenvalue weighted by molar-refractivity contribution is 7.92. The summed E-state index contributed by atoms with van der Waals surface area (Å²) in [5.74, 6) is 0.512. The van der Waals surface area contributed by atoms with Gasteiger partial charge in [0.05, 0.1) is 12.9 Å². The number of amides is 2. The number of hydrogen-bond acceptors (Lipinski definition) is 5. The van der Waals surface area contributed by atoms with Crippen LogP contribution in [0.25, 0.3) is 0 Å². The summed E-state index contributed by atoms with van der Waals surface area (Å²) in [5.41, 5.74) is 1.47. The molecule has 0 saturated carbocycles. The second-order valence-electron chi connectivity index (χ2n) is 6.99. The molecule has 1 aliphatic rings. The quantitative estimate of drug-likeness (QED) is 0.755. The molecule has 160 valence electrons. The molecule has 1 N–H and O–H groups in total. The molecule has 0 aliphatic carbocycles. The van der Waals surface area contributed by atoms with Crippen molar-refractivity contribution in [2.75, 3.05) is 43.8 Å². The molecule has 30 heavy (non-hydrogen) atoms. The molecule has 1 aliphatic heterocycles. The molecule has 1 saturated heterocycles. The van der Waals surface area contributed by atoms with Crippen LogP contribution < -0.4 is 9.46 Å². The van der Waals surface area contributed by atoms with Gasteiger partial charge in [-0.15, -0.1) is 0 Å². The number of benzene rings is 2. The average molecular weight is 432 g/mol. The molecule has 0 radical (unpaired) electrons. The number of carbonyl (C=O) groups is 2. The molecular weight excluding hydrogens is 406 g/mol. The van der Waals surface area contributed by atoms with Gasteiger partial charge in [0.2, 0.25) is 10.0 Å². The van der Waals surface area contributed by atoms with Gasteiger partial charge in [0, 0.05) is 43.0 Å². The molecule has 2 aromatic carbocycles. The predicted octanol–water partition coefficient (Wildman–Crippen LogP) is 2.05. The van der Waals surface area contributed by atoms with Crippen LogP contribution in [0.2, 0.25) is 0 Å². The monoisotopic (exact) mass is 431 g/mol. The Kier molecular flexibility index (Phi) is 6.61. The Hall–Kier alpha value is -3.07. The van der Waals surface area contributed by atoms with Crippen LogP contribution in [0.1, 0.15) is 27.6 Å². The minimum atomic E-state index is -3.36. The van der Waals surface area contributed by atoms with E-state index in [1.54, 1.807) is 58.3 Å². The second kappa shape index (κ2) is 9.17. The van der Waals surface area contributed by atoms with Gasteiger partial charge in [-0.3, -0.25) is 14.3 Å². The lowest BCUT2D eigenvalue weighted by atomic mass is 10.1. The number of sulfonamides is 1. The zero-order valence-corrected chi connectivity index (χ0v) is 17.8. The van der Waals surface area contributed by atoms with E-state index in [1.165, 1.54) is 0 Å². The number of anilines is 1. The molecule has 2 aromatic rings. The maximum absolute atomic E-state index is 12.7. The third kappa shape index (κ3) is 5.50. The van der Waals surface area contributed by atoms with Crippen molar-refractivity contribution in [3.05, 3.63) is 59.7 Å². The highest BCUT2D eigenvalue weighted by Crippen LogP contribution is 2.17. The Balaban J connectivity index is 1.56. The van der Waals surface area contributed by atoms with E-state index >= 15 is 0 Å². The molecule has 0 bridgehead atoms. The van der Waals surface area contributed by atoms with Crippen LogP contribution in [0.3, 0.4) is 0 Å². The second-order valence-corrected chi connectivity index (χ2v) is 8.74. The maximum atomic E-state index is 12.7. The zero-order chi connectivity index (χ0) is 21.7. The van der Waals surface area contributed by atoms with Gasteiger partial charge in [0.15, 0.2) is 0 Å². The summed E-state index contributed by atoms with van der Waals surface area (Å²) in [6.07, 6.45) is 1.07. The fourth-order valence-electron chi connectivity index (χ4n) is 3.23. The fourth-order valence-corrected chi connectivity index (χ4v) is 3.80. The van der Waals surface area contributed by atoms with E-state index in [1.807, 2.05) is 6.92 Å². The largest absolute Gasteiger partial charge is 0.494 e. The highest BCUT2D eigenvalue weighted by Gasteiger charge is 2.25. The molecule has 1 heterocycles. The summed E-state index contributed by atoms with van der Waals surface area (Å²) < 4.78 is 30.3. The average Bonchev–Trinajstić information content (AvgIpc) is 2.73. The Morgan fingerprint density at radius 1 is 0.867 bits per heavy atom. The molecule has 8 nitrogen and oxygen atoms in total. The number of piperazine rings is 1. The molecule has 0 atom stereocenters. The zero-order valence-electron chi connectivity index (χ0n) is 17.0. The van der Waals surface area contributed by atoms with Crippen molar-refractivity contribution >= 4 is 27.5 Å². The van der Waals surface area contributed by atoms with E-state index in [-0.39, 0.29) is 11.8 Å². The van der Waals surface area contributed by atoms with Gasteiger partial charge in [-0.2, -0.15) is 0 Å². The first-order valence-electron chi connectivity index (χ1n) is 9.66. The predicted molar refractivity (Wildman–Crippen MR) is 114 cm³/mol. The molecule has 0 spiro atoms. The van der Waals surface area contributed by atoms with Gasteiger partial charge in [-0.05, 0) is 55.5 Å². The van der Waals surface area contributed by atoms with Crippen LogP contribution in [-0.4, -0.2) is 69.1 Å². The third-order valence-corrected chi connectivity index (χ3v) is 5.31. The van der Waals surface area contributed by atoms with Crippen LogP contribution in [0.4, 0.5) is 5.69 Å². The van der Waals surface area contributed by atoms with E-state index < -0.39 is 10.0 Å². The molecular formula is C21H25N3O5S. The van der Waals surface area contributed by atoms with Crippen LogP contribution in [0.15, 0.2) is 48.5 Å². The van der Waals surface area contributed by atoms with Crippen LogP contribution >= 0.6 is 0 Å². The van der Waals surface area contributed by atoms with E-state index in [0.717, 1.165) is 12.0 Å². The number of hydrogen-bond donors (Lipinski definition) is 1. The first kappa shape index (κ1) is 21.6. The number of nitrogens with zero attached hydrogens (tertiary/aromatic N) is 2. The van der Waals surface area contributed by atoms with Gasteiger partial charge < -0.3 is 14.5 Å². The van der Waals surface area contributed by atoms with Gasteiger partial charge in [-0.25, -0.2) is 8.42 Å². The lowest BCUT2D eigenvalue weighted by molar-refractivity contribution is 0.0535. The van der Waals surface area contributed by atoms with Crippen LogP contribution in [0, 0.1) is 0 Å². The lowest BCUT2D eigenvalue weighted by Crippen LogP contribution is -2.50. The molecule has 2 amide bonds. The summed E-state index contributed by atoms with van der Waals surface area (Å²) in [6, 6.07) is 13.3. The molecule has 9 heteroatoms. The number of ether oxygens (including phenoxy) is 1. The van der Waals surface area contributed by atoms with Crippen LogP contribution in [0.5, 0.6) is 5.75 Å². The van der Waals surface area contributed by atoms with Gasteiger partial charge in [0.25, 0.3) is 11.8 Å². The van der Waals surface area contributed by atoms with Crippen molar-refractivity contribution in [1.82, 2.24) is 9.80 Å². The Labute approximate surface area is 176 Å². The Bertz CT molecular complexity index is 996. The number of carbonyl (C=O) groups excluding carboxylic acids is 2. The smallest absolute Gasteiger partial charge is 0.253 e. The topological polar surface area (TPSA) is 96.0 Å². The minimum Gasteiger partial charge on any atom is -0.494 e. The van der Waals surface area contributed by atoms with Gasteiger partial charge >= 0.3 is 0 Å². The highest BCUT2D eigenvalue weighted by atomic mass is 32.2. The van der Waals surface area contributed by atoms with Crippen LogP contribution in [-0.2, 0) is 10.0 Å². The van der Waals surface area contributed by atoms with Crippen molar-refractivity contribution in [3.63, 3.8) is 0 Å². The third-order valence-electron chi connectivity index (χ3n) is 4.70. The Morgan fingerprint density at radius 3 is 1.70 bits per heavy atom. The van der Waals surface area contributed by atoms with Gasteiger partial charge in [0.1, 0.15) is 5.75 Å². The summed E-state index contributed by atoms with van der Waals surface area (Å²) in [7, 11) is -3.36. The Morgan fingerprint density at radius 2 is 1.30 bits per heavy atom. The maximum Gasteiger partial charge on any atom is 0.253 e. The van der Waals surface area contributed by atoms with E-state index in [2.05, 4.69) is 4.72 Å². The normalized spacial score (nSPS) is 14.3. The summed E-state index contributed by atoms with van der Waals surface area (Å²) >= 11 is 0. The first-order chi connectivity index (χ1) is 14.3. The van der Waals surface area contributed by atoms with E-state index in [4.69, 9.17) is 4.74 Å². The van der Waals surface area contributed by atoms with E-state index in [0.29, 0.717) is 49.6 Å². The summed E-state index contributed by atoms with van der Waals surface area (Å²) in [4.78, 5) is 28.8. The van der Waals surface area contributed by atoms with Crippen molar-refractivity contribution in [1.29, 1.82) is 0 Å². The minimum absolute atomic E-state index is 0.0682. The molecule has 0 aromatic heterocycles. The standard InChI is InChI=1S/C21H25N3O5S/c1-3-29-19-10-6-17(7-11-19)21(26)24-14-12-23(13-15-24)20(25)16-4-8-18(9-5-16)22-30(2,27)28/h4-11,22H,3,12-15H2,1-2H3. The summed E-state index contributed by atoms with van der Waals surface area (Å²) in [6.45, 7) is 4.24.